The number of hydrogen-bond donors (Lipinski definition) is 1. The molecule has 2 aromatic rings. The number of benzene rings is 2. The number of amides is 2. The lowest BCUT2D eigenvalue weighted by Gasteiger charge is -2.32. The molecule has 36 heavy (non-hydrogen) atoms. The maximum atomic E-state index is 13.6. The Morgan fingerprint density at radius 3 is 2.31 bits per heavy atom. The zero-order valence-electron chi connectivity index (χ0n) is 21.4. The van der Waals surface area contributed by atoms with E-state index >= 15 is 0 Å². The van der Waals surface area contributed by atoms with Gasteiger partial charge in [0.2, 0.25) is 21.8 Å². The third-order valence-corrected chi connectivity index (χ3v) is 7.30. The zero-order chi connectivity index (χ0) is 27.0. The minimum atomic E-state index is -3.91. The van der Waals surface area contributed by atoms with Gasteiger partial charge in [-0.05, 0) is 44.0 Å². The number of nitrogens with zero attached hydrogens (tertiary/aromatic N) is 2. The van der Waals surface area contributed by atoms with Gasteiger partial charge in [-0.15, -0.1) is 0 Å². The minimum Gasteiger partial charge on any atom is -0.497 e. The van der Waals surface area contributed by atoms with E-state index in [0.29, 0.717) is 16.3 Å². The van der Waals surface area contributed by atoms with Crippen molar-refractivity contribution in [2.75, 3.05) is 31.3 Å². The van der Waals surface area contributed by atoms with Gasteiger partial charge in [-0.3, -0.25) is 13.9 Å². The number of hydrogen-bond acceptors (Lipinski definition) is 6. The Hall–Kier alpha value is -2.98. The van der Waals surface area contributed by atoms with Crippen LogP contribution in [0.1, 0.15) is 32.8 Å². The van der Waals surface area contributed by atoms with E-state index in [9.17, 15) is 18.0 Å². The molecule has 0 saturated heterocycles. The van der Waals surface area contributed by atoms with E-state index in [1.165, 1.54) is 31.3 Å². The van der Waals surface area contributed by atoms with Crippen molar-refractivity contribution in [2.24, 2.45) is 0 Å². The Bertz CT molecular complexity index is 1170. The first-order valence-corrected chi connectivity index (χ1v) is 13.7. The quantitative estimate of drug-likeness (QED) is 0.443. The molecule has 2 amide bonds. The van der Waals surface area contributed by atoms with Crippen LogP contribution in [0.4, 0.5) is 5.69 Å². The minimum absolute atomic E-state index is 0.0188. The summed E-state index contributed by atoms with van der Waals surface area (Å²) in [6.45, 7) is 4.88. The first kappa shape index (κ1) is 29.3. The molecule has 0 saturated carbocycles. The molecule has 0 bridgehead atoms. The molecular formula is C25H34ClN3O6S. The molecule has 11 heteroatoms. The number of nitrogens with one attached hydrogen (secondary N) is 1. The number of carbonyl (C=O) groups excluding carboxylic acids is 2. The third-order valence-electron chi connectivity index (χ3n) is 5.80. The Kier molecular flexibility index (Phi) is 10.4. The fraction of sp³-hybridized carbons (Fsp3) is 0.440. The summed E-state index contributed by atoms with van der Waals surface area (Å²) >= 11 is 6.33. The van der Waals surface area contributed by atoms with Crippen LogP contribution in [0.5, 0.6) is 11.5 Å². The van der Waals surface area contributed by atoms with Gasteiger partial charge in [0.1, 0.15) is 24.1 Å². The molecule has 0 unspecified atom stereocenters. The average molecular weight is 540 g/mol. The predicted octanol–water partition coefficient (Wildman–Crippen LogP) is 3.46. The maximum Gasteiger partial charge on any atom is 0.244 e. The Morgan fingerprint density at radius 2 is 1.75 bits per heavy atom. The van der Waals surface area contributed by atoms with Gasteiger partial charge < -0.3 is 19.7 Å². The van der Waals surface area contributed by atoms with Crippen LogP contribution >= 0.6 is 11.6 Å². The van der Waals surface area contributed by atoms with Crippen LogP contribution in [0.25, 0.3) is 0 Å². The molecule has 0 spiro atoms. The van der Waals surface area contributed by atoms with Crippen LogP contribution in [0.2, 0.25) is 5.02 Å². The molecule has 2 aromatic carbocycles. The summed E-state index contributed by atoms with van der Waals surface area (Å²) in [4.78, 5) is 27.9. The largest absolute Gasteiger partial charge is 0.497 e. The molecule has 0 fully saturated rings. The van der Waals surface area contributed by atoms with Crippen LogP contribution in [-0.4, -0.2) is 64.2 Å². The maximum absolute atomic E-state index is 13.6. The van der Waals surface area contributed by atoms with E-state index in [1.54, 1.807) is 37.3 Å². The van der Waals surface area contributed by atoms with Gasteiger partial charge >= 0.3 is 0 Å². The first-order chi connectivity index (χ1) is 16.9. The van der Waals surface area contributed by atoms with Gasteiger partial charge in [-0.25, -0.2) is 8.42 Å². The Morgan fingerprint density at radius 1 is 1.08 bits per heavy atom. The van der Waals surface area contributed by atoms with Crippen molar-refractivity contribution in [2.45, 2.75) is 45.8 Å². The van der Waals surface area contributed by atoms with Crippen molar-refractivity contribution in [3.05, 3.63) is 53.1 Å². The van der Waals surface area contributed by atoms with Gasteiger partial charge in [0, 0.05) is 23.7 Å². The van der Waals surface area contributed by atoms with E-state index < -0.39 is 28.5 Å². The lowest BCUT2D eigenvalue weighted by molar-refractivity contribution is -0.139. The number of rotatable bonds is 12. The SMILES string of the molecule is CC[C@H](C)NC(=O)[C@H](C)N(Cc1ccccc1Cl)C(=O)CN(c1ccc(OC)cc1OC)S(C)(=O)=O. The number of anilines is 1. The molecule has 0 radical (unpaired) electrons. The van der Waals surface area contributed by atoms with Gasteiger partial charge in [0.15, 0.2) is 0 Å². The van der Waals surface area contributed by atoms with Crippen molar-refractivity contribution < 1.29 is 27.5 Å². The number of sulfonamides is 1. The number of halogens is 1. The topological polar surface area (TPSA) is 105 Å². The third kappa shape index (κ3) is 7.51. The van der Waals surface area contributed by atoms with Crippen molar-refractivity contribution >= 4 is 39.1 Å². The summed E-state index contributed by atoms with van der Waals surface area (Å²) in [6.07, 6.45) is 1.72. The van der Waals surface area contributed by atoms with Crippen molar-refractivity contribution in [3.8, 4) is 11.5 Å². The number of methoxy groups -OCH3 is 2. The van der Waals surface area contributed by atoms with E-state index in [2.05, 4.69) is 5.32 Å². The van der Waals surface area contributed by atoms with E-state index in [-0.39, 0.29) is 29.9 Å². The lowest BCUT2D eigenvalue weighted by atomic mass is 10.1. The van der Waals surface area contributed by atoms with Crippen molar-refractivity contribution in [3.63, 3.8) is 0 Å². The predicted molar refractivity (Wildman–Crippen MR) is 141 cm³/mol. The molecular weight excluding hydrogens is 506 g/mol. The summed E-state index contributed by atoms with van der Waals surface area (Å²) < 4.78 is 37.1. The number of ether oxygens (including phenoxy) is 2. The van der Waals surface area contributed by atoms with Crippen LogP contribution < -0.4 is 19.1 Å². The summed E-state index contributed by atoms with van der Waals surface area (Å²) in [5, 5.41) is 3.31. The first-order valence-electron chi connectivity index (χ1n) is 11.5. The smallest absolute Gasteiger partial charge is 0.244 e. The van der Waals surface area contributed by atoms with E-state index in [1.807, 2.05) is 13.8 Å². The summed E-state index contributed by atoms with van der Waals surface area (Å²) in [5.74, 6) is -0.249. The fourth-order valence-electron chi connectivity index (χ4n) is 3.44. The molecule has 2 atom stereocenters. The van der Waals surface area contributed by atoms with Crippen LogP contribution in [-0.2, 0) is 26.2 Å². The highest BCUT2D eigenvalue weighted by Gasteiger charge is 2.31. The highest BCUT2D eigenvalue weighted by Crippen LogP contribution is 2.33. The van der Waals surface area contributed by atoms with E-state index in [4.69, 9.17) is 21.1 Å². The molecule has 0 aliphatic rings. The normalized spacial score (nSPS) is 12.9. The second kappa shape index (κ2) is 12.8. The zero-order valence-corrected chi connectivity index (χ0v) is 23.0. The van der Waals surface area contributed by atoms with Crippen molar-refractivity contribution in [1.29, 1.82) is 0 Å². The highest BCUT2D eigenvalue weighted by atomic mass is 35.5. The summed E-state index contributed by atoms with van der Waals surface area (Å²) in [5.41, 5.74) is 0.798. The van der Waals surface area contributed by atoms with Crippen LogP contribution in [0.15, 0.2) is 42.5 Å². The van der Waals surface area contributed by atoms with Crippen LogP contribution in [0, 0.1) is 0 Å². The van der Waals surface area contributed by atoms with Gasteiger partial charge in [-0.1, -0.05) is 36.7 Å². The summed E-state index contributed by atoms with van der Waals surface area (Å²) in [7, 11) is -1.04. The number of carbonyl (C=O) groups is 2. The molecule has 2 rings (SSSR count). The Labute approximate surface area is 218 Å². The molecule has 9 nitrogen and oxygen atoms in total. The molecule has 198 valence electrons. The monoisotopic (exact) mass is 539 g/mol. The van der Waals surface area contributed by atoms with Gasteiger partial charge in [-0.2, -0.15) is 0 Å². The average Bonchev–Trinajstić information content (AvgIpc) is 2.85. The molecule has 0 aliphatic heterocycles. The van der Waals surface area contributed by atoms with E-state index in [0.717, 1.165) is 17.0 Å². The van der Waals surface area contributed by atoms with Crippen molar-refractivity contribution in [1.82, 2.24) is 10.2 Å². The van der Waals surface area contributed by atoms with Gasteiger partial charge in [0.25, 0.3) is 0 Å². The standard InChI is InChI=1S/C25H34ClN3O6S/c1-7-17(2)27-25(31)18(3)28(15-19-10-8-9-11-21(19)26)24(30)16-29(36(6,32)33)22-13-12-20(34-4)14-23(22)35-5/h8-14,17-18H,7,15-16H2,1-6H3,(H,27,31)/t17-,18-/m0/s1. The lowest BCUT2D eigenvalue weighted by Crippen LogP contribution is -2.52. The van der Waals surface area contributed by atoms with Crippen LogP contribution in [0.3, 0.4) is 0 Å². The summed E-state index contributed by atoms with van der Waals surface area (Å²) in [6, 6.07) is 10.6. The molecule has 1 N–H and O–H groups in total. The second-order valence-electron chi connectivity index (χ2n) is 8.41. The molecule has 0 aromatic heterocycles. The molecule has 0 aliphatic carbocycles. The highest BCUT2D eigenvalue weighted by molar-refractivity contribution is 7.92. The second-order valence-corrected chi connectivity index (χ2v) is 10.7. The Balaban J connectivity index is 2.47. The van der Waals surface area contributed by atoms with Gasteiger partial charge in [0.05, 0.1) is 26.2 Å². The fourth-order valence-corrected chi connectivity index (χ4v) is 4.49. The molecule has 0 heterocycles.